The molecule has 0 N–H and O–H groups in total. The fourth-order valence-electron chi connectivity index (χ4n) is 4.09. The van der Waals surface area contributed by atoms with E-state index in [1.165, 1.54) is 24.7 Å². The lowest BCUT2D eigenvalue weighted by molar-refractivity contribution is -0.154. The third kappa shape index (κ3) is 6.45. The maximum Gasteiger partial charge on any atom is 0.306 e. The molecule has 0 spiro atoms. The summed E-state index contributed by atoms with van der Waals surface area (Å²) >= 11 is 0. The molecule has 8 nitrogen and oxygen atoms in total. The second-order valence-corrected chi connectivity index (χ2v) is 9.99. The lowest BCUT2D eigenvalue weighted by Gasteiger charge is -2.19. The molecule has 0 aliphatic heterocycles. The SMILES string of the molecule is COc1ccc(-c2c(-c3ncccc3F)oc3ncnc(O[C@H](C)CCCCC(=O)OC(C)(C)C)c23)cc1. The summed E-state index contributed by atoms with van der Waals surface area (Å²) in [5.41, 5.74) is 1.16. The molecule has 9 heteroatoms. The molecule has 1 atom stereocenters. The van der Waals surface area contributed by atoms with Gasteiger partial charge in [-0.3, -0.25) is 4.79 Å². The van der Waals surface area contributed by atoms with E-state index in [9.17, 15) is 9.18 Å². The second-order valence-electron chi connectivity index (χ2n) is 9.99. The van der Waals surface area contributed by atoms with E-state index in [0.29, 0.717) is 41.8 Å². The fraction of sp³-hybridized carbons (Fsp3) is 0.379. The molecule has 0 saturated heterocycles. The van der Waals surface area contributed by atoms with Crippen molar-refractivity contribution in [2.24, 2.45) is 0 Å². The molecule has 200 valence electrons. The highest BCUT2D eigenvalue weighted by Crippen LogP contribution is 2.43. The Kier molecular flexibility index (Phi) is 8.24. The summed E-state index contributed by atoms with van der Waals surface area (Å²) in [6.07, 6.45) is 5.16. The number of methoxy groups -OCH3 is 1. The molecule has 4 aromatic rings. The molecule has 38 heavy (non-hydrogen) atoms. The Morgan fingerprint density at radius 3 is 2.53 bits per heavy atom. The molecule has 1 aromatic carbocycles. The Morgan fingerprint density at radius 1 is 1.08 bits per heavy atom. The Labute approximate surface area is 221 Å². The Bertz CT molecular complexity index is 1400. The van der Waals surface area contributed by atoms with Gasteiger partial charge in [0.2, 0.25) is 11.6 Å². The summed E-state index contributed by atoms with van der Waals surface area (Å²) in [6.45, 7) is 7.50. The van der Waals surface area contributed by atoms with Gasteiger partial charge in [0.1, 0.15) is 28.8 Å². The molecule has 3 heterocycles. The van der Waals surface area contributed by atoms with Crippen molar-refractivity contribution in [2.45, 2.75) is 65.1 Å². The largest absolute Gasteiger partial charge is 0.497 e. The van der Waals surface area contributed by atoms with Crippen molar-refractivity contribution in [2.75, 3.05) is 7.11 Å². The molecule has 0 saturated carbocycles. The quantitative estimate of drug-likeness (QED) is 0.167. The van der Waals surface area contributed by atoms with Crippen LogP contribution in [0.3, 0.4) is 0 Å². The van der Waals surface area contributed by atoms with Crippen LogP contribution in [0.1, 0.15) is 53.4 Å². The van der Waals surface area contributed by atoms with Gasteiger partial charge in [-0.25, -0.2) is 19.3 Å². The normalized spacial score (nSPS) is 12.4. The molecule has 0 radical (unpaired) electrons. The number of hydrogen-bond acceptors (Lipinski definition) is 8. The number of carbonyl (C=O) groups excluding carboxylic acids is 1. The van der Waals surface area contributed by atoms with Crippen molar-refractivity contribution in [1.29, 1.82) is 0 Å². The molecule has 0 bridgehead atoms. The highest BCUT2D eigenvalue weighted by molar-refractivity contribution is 6.02. The highest BCUT2D eigenvalue weighted by Gasteiger charge is 2.26. The minimum absolute atomic E-state index is 0.0671. The van der Waals surface area contributed by atoms with E-state index in [2.05, 4.69) is 15.0 Å². The topological polar surface area (TPSA) is 96.6 Å². The Hall–Kier alpha value is -4.01. The number of pyridine rings is 1. The van der Waals surface area contributed by atoms with Crippen LogP contribution in [-0.4, -0.2) is 39.7 Å². The number of unbranched alkanes of at least 4 members (excludes halogenated alkanes) is 1. The predicted molar refractivity (Wildman–Crippen MR) is 141 cm³/mol. The number of fused-ring (bicyclic) bond motifs is 1. The molecular weight excluding hydrogens is 489 g/mol. The van der Waals surface area contributed by atoms with E-state index >= 15 is 0 Å². The number of furan rings is 1. The standard InChI is InChI=1S/C29H32FN3O5/c1-18(9-6-7-11-22(34)38-29(2,3)4)36-27-24-23(19-12-14-20(35-5)15-13-19)26(37-28(24)33-17-32-27)25-21(30)10-8-16-31-25/h8,10,12-18H,6-7,9,11H2,1-5H3/t18-/m1/s1. The molecular formula is C29H32FN3O5. The first-order valence-corrected chi connectivity index (χ1v) is 12.6. The molecule has 0 amide bonds. The maximum atomic E-state index is 14.8. The molecule has 0 aliphatic rings. The van der Waals surface area contributed by atoms with Gasteiger partial charge in [0.05, 0.1) is 13.2 Å². The first-order chi connectivity index (χ1) is 18.2. The fourth-order valence-corrected chi connectivity index (χ4v) is 4.09. The summed E-state index contributed by atoms with van der Waals surface area (Å²) in [7, 11) is 1.59. The zero-order valence-electron chi connectivity index (χ0n) is 22.3. The lowest BCUT2D eigenvalue weighted by Crippen LogP contribution is -2.23. The maximum absolute atomic E-state index is 14.8. The van der Waals surface area contributed by atoms with Crippen molar-refractivity contribution in [3.63, 3.8) is 0 Å². The van der Waals surface area contributed by atoms with Crippen LogP contribution in [0, 0.1) is 5.82 Å². The van der Waals surface area contributed by atoms with Crippen LogP contribution in [0.25, 0.3) is 33.7 Å². The highest BCUT2D eigenvalue weighted by atomic mass is 19.1. The lowest BCUT2D eigenvalue weighted by atomic mass is 10.0. The molecule has 0 aliphatic carbocycles. The van der Waals surface area contributed by atoms with Gasteiger partial charge < -0.3 is 18.6 Å². The predicted octanol–water partition coefficient (Wildman–Crippen LogP) is 6.77. The number of esters is 1. The number of hydrogen-bond donors (Lipinski definition) is 0. The Morgan fingerprint density at radius 2 is 1.84 bits per heavy atom. The van der Waals surface area contributed by atoms with Gasteiger partial charge in [0.25, 0.3) is 0 Å². The van der Waals surface area contributed by atoms with Crippen LogP contribution in [0.5, 0.6) is 11.6 Å². The summed E-state index contributed by atoms with van der Waals surface area (Å²) in [6, 6.07) is 10.2. The van der Waals surface area contributed by atoms with Crippen LogP contribution in [-0.2, 0) is 9.53 Å². The number of benzene rings is 1. The van der Waals surface area contributed by atoms with Crippen LogP contribution in [0.2, 0.25) is 0 Å². The van der Waals surface area contributed by atoms with Crippen molar-refractivity contribution >= 4 is 17.1 Å². The number of halogens is 1. The van der Waals surface area contributed by atoms with Gasteiger partial charge in [0, 0.05) is 18.2 Å². The van der Waals surface area contributed by atoms with E-state index in [1.54, 1.807) is 7.11 Å². The minimum Gasteiger partial charge on any atom is -0.497 e. The summed E-state index contributed by atoms with van der Waals surface area (Å²) < 4.78 is 37.8. The average molecular weight is 522 g/mol. The van der Waals surface area contributed by atoms with Crippen LogP contribution >= 0.6 is 0 Å². The van der Waals surface area contributed by atoms with Crippen molar-refractivity contribution in [3.8, 4) is 34.2 Å². The number of aromatic nitrogens is 3. The first-order valence-electron chi connectivity index (χ1n) is 12.6. The molecule has 4 rings (SSSR count). The summed E-state index contributed by atoms with van der Waals surface area (Å²) in [5.74, 6) is 0.515. The smallest absolute Gasteiger partial charge is 0.306 e. The third-order valence-electron chi connectivity index (χ3n) is 5.78. The number of nitrogens with zero attached hydrogens (tertiary/aromatic N) is 3. The zero-order chi connectivity index (χ0) is 27.3. The molecule has 3 aromatic heterocycles. The van der Waals surface area contributed by atoms with Gasteiger partial charge in [-0.1, -0.05) is 12.1 Å². The monoisotopic (exact) mass is 521 g/mol. The van der Waals surface area contributed by atoms with Crippen molar-refractivity contribution < 1.29 is 27.8 Å². The summed E-state index contributed by atoms with van der Waals surface area (Å²) in [4.78, 5) is 24.9. The second kappa shape index (κ2) is 11.6. The van der Waals surface area contributed by atoms with Gasteiger partial charge in [-0.05, 0) is 76.8 Å². The van der Waals surface area contributed by atoms with Crippen molar-refractivity contribution in [3.05, 3.63) is 54.7 Å². The van der Waals surface area contributed by atoms with E-state index in [4.69, 9.17) is 18.6 Å². The number of ether oxygens (including phenoxy) is 3. The van der Waals surface area contributed by atoms with Crippen molar-refractivity contribution in [1.82, 2.24) is 15.0 Å². The third-order valence-corrected chi connectivity index (χ3v) is 5.78. The minimum atomic E-state index is -0.518. The van der Waals surface area contributed by atoms with Gasteiger partial charge in [-0.2, -0.15) is 0 Å². The number of carbonyl (C=O) groups is 1. The van der Waals surface area contributed by atoms with Gasteiger partial charge in [0.15, 0.2) is 11.6 Å². The molecule has 0 unspecified atom stereocenters. The first kappa shape index (κ1) is 27.0. The van der Waals surface area contributed by atoms with E-state index < -0.39 is 11.4 Å². The zero-order valence-corrected chi connectivity index (χ0v) is 22.3. The van der Waals surface area contributed by atoms with Crippen LogP contribution in [0.15, 0.2) is 53.3 Å². The average Bonchev–Trinajstić information content (AvgIpc) is 3.26. The molecule has 0 fully saturated rings. The van der Waals surface area contributed by atoms with E-state index in [-0.39, 0.29) is 29.2 Å². The van der Waals surface area contributed by atoms with Crippen LogP contribution in [0.4, 0.5) is 4.39 Å². The van der Waals surface area contributed by atoms with Gasteiger partial charge >= 0.3 is 5.97 Å². The van der Waals surface area contributed by atoms with E-state index in [0.717, 1.165) is 12.0 Å². The van der Waals surface area contributed by atoms with Crippen LogP contribution < -0.4 is 9.47 Å². The summed E-state index contributed by atoms with van der Waals surface area (Å²) in [5, 5.41) is 0.526. The number of rotatable bonds is 10. The van der Waals surface area contributed by atoms with Gasteiger partial charge in [-0.15, -0.1) is 0 Å². The Balaban J connectivity index is 1.61. The van der Waals surface area contributed by atoms with E-state index in [1.807, 2.05) is 52.0 Å².